The van der Waals surface area contributed by atoms with E-state index in [1.54, 1.807) is 17.3 Å². The van der Waals surface area contributed by atoms with Gasteiger partial charge in [-0.1, -0.05) is 12.1 Å². The maximum Gasteiger partial charge on any atom is 0.193 e. The molecule has 4 heterocycles. The van der Waals surface area contributed by atoms with E-state index in [1.807, 2.05) is 19.2 Å². The van der Waals surface area contributed by atoms with Crippen molar-refractivity contribution in [2.75, 3.05) is 20.1 Å². The predicted octanol–water partition coefficient (Wildman–Crippen LogP) is 2.07. The molecular weight excluding hydrogens is 455 g/mol. The van der Waals surface area contributed by atoms with E-state index in [0.29, 0.717) is 24.0 Å². The van der Waals surface area contributed by atoms with Crippen molar-refractivity contribution in [1.82, 2.24) is 25.0 Å². The van der Waals surface area contributed by atoms with Crippen molar-refractivity contribution in [1.29, 1.82) is 0 Å². The van der Waals surface area contributed by atoms with Crippen molar-refractivity contribution in [3.8, 4) is 5.69 Å². The van der Waals surface area contributed by atoms with Gasteiger partial charge in [-0.15, -0.1) is 24.0 Å². The number of ether oxygens (including phenoxy) is 1. The van der Waals surface area contributed by atoms with Gasteiger partial charge >= 0.3 is 0 Å². The molecule has 3 aliphatic rings. The van der Waals surface area contributed by atoms with Crippen molar-refractivity contribution in [3.63, 3.8) is 0 Å². The van der Waals surface area contributed by atoms with Gasteiger partial charge in [0.05, 0.1) is 17.9 Å². The molecule has 1 aromatic heterocycles. The highest BCUT2D eigenvalue weighted by Crippen LogP contribution is 2.47. The van der Waals surface area contributed by atoms with Crippen LogP contribution < -0.4 is 5.32 Å². The van der Waals surface area contributed by atoms with Gasteiger partial charge in [-0.3, -0.25) is 4.99 Å². The molecule has 3 fully saturated rings. The van der Waals surface area contributed by atoms with Crippen LogP contribution in [0.2, 0.25) is 0 Å². The zero-order valence-corrected chi connectivity index (χ0v) is 17.7. The first-order valence-corrected chi connectivity index (χ1v) is 9.37. The number of hydrogen-bond acceptors (Lipinski definition) is 4. The molecule has 4 atom stereocenters. The average molecular weight is 480 g/mol. The summed E-state index contributed by atoms with van der Waals surface area (Å²) < 4.78 is 7.85. The summed E-state index contributed by atoms with van der Waals surface area (Å²) >= 11 is 0. The summed E-state index contributed by atoms with van der Waals surface area (Å²) in [5.74, 6) is 2.36. The van der Waals surface area contributed by atoms with Crippen molar-refractivity contribution < 1.29 is 4.74 Å². The Bertz CT molecular complexity index is 792. The van der Waals surface area contributed by atoms with Gasteiger partial charge in [0.1, 0.15) is 12.7 Å². The van der Waals surface area contributed by atoms with Crippen molar-refractivity contribution >= 4 is 29.9 Å². The van der Waals surface area contributed by atoms with Crippen LogP contribution in [0.25, 0.3) is 5.69 Å². The molecular formula is C19H25IN6O. The Hall–Kier alpha value is -1.68. The minimum Gasteiger partial charge on any atom is -0.374 e. The molecule has 144 valence electrons. The van der Waals surface area contributed by atoms with Gasteiger partial charge in [-0.2, -0.15) is 5.10 Å². The molecule has 3 aliphatic heterocycles. The molecule has 0 amide bonds. The fourth-order valence-electron chi connectivity index (χ4n) is 4.80. The van der Waals surface area contributed by atoms with Crippen LogP contribution in [0, 0.1) is 11.8 Å². The SMILES string of the molecule is CN=C(NCc1cccc(-n2cncn2)c1)N1CC2C3CCC(O3)C2C1.I. The summed E-state index contributed by atoms with van der Waals surface area (Å²) in [5, 5.41) is 7.73. The number of nitrogens with zero attached hydrogens (tertiary/aromatic N) is 5. The molecule has 1 N–H and O–H groups in total. The summed E-state index contributed by atoms with van der Waals surface area (Å²) in [4.78, 5) is 10.9. The highest BCUT2D eigenvalue weighted by Gasteiger charge is 2.53. The fraction of sp³-hybridized carbons (Fsp3) is 0.526. The standard InChI is InChI=1S/C19H24N6O.HI/c1-20-19(24-9-15-16(10-24)18-6-5-17(15)26-18)22-8-13-3-2-4-14(7-13)25-12-21-11-23-25;/h2-4,7,11-12,15-18H,5-6,8-10H2,1H3,(H,20,22);1H. The molecule has 0 aliphatic carbocycles. The summed E-state index contributed by atoms with van der Waals surface area (Å²) in [5.41, 5.74) is 2.21. The van der Waals surface area contributed by atoms with Crippen molar-refractivity contribution in [3.05, 3.63) is 42.5 Å². The van der Waals surface area contributed by atoms with E-state index in [4.69, 9.17) is 4.74 Å². The molecule has 2 bridgehead atoms. The van der Waals surface area contributed by atoms with E-state index in [1.165, 1.54) is 18.4 Å². The van der Waals surface area contributed by atoms with Crippen LogP contribution >= 0.6 is 24.0 Å². The number of guanidine groups is 1. The smallest absolute Gasteiger partial charge is 0.193 e. The molecule has 0 spiro atoms. The monoisotopic (exact) mass is 480 g/mol. The third-order valence-corrected chi connectivity index (χ3v) is 6.01. The molecule has 5 rings (SSSR count). The van der Waals surface area contributed by atoms with Crippen molar-refractivity contribution in [2.45, 2.75) is 31.6 Å². The Morgan fingerprint density at radius 2 is 2.04 bits per heavy atom. The molecule has 2 aromatic rings. The second-order valence-electron chi connectivity index (χ2n) is 7.43. The van der Waals surface area contributed by atoms with E-state index in [9.17, 15) is 0 Å². The van der Waals surface area contributed by atoms with E-state index >= 15 is 0 Å². The molecule has 8 heteroatoms. The number of rotatable bonds is 3. The summed E-state index contributed by atoms with van der Waals surface area (Å²) in [6.45, 7) is 2.86. The highest BCUT2D eigenvalue weighted by atomic mass is 127. The molecule has 0 radical (unpaired) electrons. The summed E-state index contributed by atoms with van der Waals surface area (Å²) in [7, 11) is 1.87. The van der Waals surface area contributed by atoms with Crippen molar-refractivity contribution in [2.24, 2.45) is 16.8 Å². The Labute approximate surface area is 176 Å². The number of nitrogens with one attached hydrogen (secondary N) is 1. The van der Waals surface area contributed by atoms with E-state index in [2.05, 4.69) is 37.4 Å². The van der Waals surface area contributed by atoms with Gasteiger partial charge in [-0.05, 0) is 30.5 Å². The highest BCUT2D eigenvalue weighted by molar-refractivity contribution is 14.0. The Kier molecular flexibility index (Phi) is 5.36. The zero-order valence-electron chi connectivity index (χ0n) is 15.4. The van der Waals surface area contributed by atoms with E-state index in [0.717, 1.165) is 31.3 Å². The van der Waals surface area contributed by atoms with Crippen LogP contribution in [0.1, 0.15) is 18.4 Å². The first-order chi connectivity index (χ1) is 12.8. The third-order valence-electron chi connectivity index (χ3n) is 6.01. The number of hydrogen-bond donors (Lipinski definition) is 1. The Morgan fingerprint density at radius 1 is 1.26 bits per heavy atom. The van der Waals surface area contributed by atoms with Gasteiger partial charge in [0.2, 0.25) is 0 Å². The van der Waals surface area contributed by atoms with Crippen LogP contribution in [0.4, 0.5) is 0 Å². The molecule has 0 saturated carbocycles. The van der Waals surface area contributed by atoms with Crippen LogP contribution in [0.5, 0.6) is 0 Å². The lowest BCUT2D eigenvalue weighted by Gasteiger charge is -2.23. The Morgan fingerprint density at radius 3 is 2.70 bits per heavy atom. The topological polar surface area (TPSA) is 67.6 Å². The molecule has 3 saturated heterocycles. The average Bonchev–Trinajstić information content (AvgIpc) is 3.44. The van der Waals surface area contributed by atoms with Gasteiger partial charge < -0.3 is 15.0 Å². The van der Waals surface area contributed by atoms with Crippen LogP contribution in [-0.2, 0) is 11.3 Å². The molecule has 7 nitrogen and oxygen atoms in total. The molecule has 27 heavy (non-hydrogen) atoms. The summed E-state index contributed by atoms with van der Waals surface area (Å²) in [6.07, 6.45) is 6.69. The molecule has 4 unspecified atom stereocenters. The quantitative estimate of drug-likeness (QED) is 0.414. The largest absolute Gasteiger partial charge is 0.374 e. The van der Waals surface area contributed by atoms with Crippen LogP contribution in [-0.4, -0.2) is 58.0 Å². The lowest BCUT2D eigenvalue weighted by atomic mass is 9.82. The maximum atomic E-state index is 6.08. The van der Waals surface area contributed by atoms with Gasteiger partial charge in [0, 0.05) is 38.5 Å². The number of likely N-dealkylation sites (tertiary alicyclic amines) is 1. The number of fused-ring (bicyclic) bond motifs is 5. The third kappa shape index (κ3) is 3.44. The number of benzene rings is 1. The minimum absolute atomic E-state index is 0. The van der Waals surface area contributed by atoms with E-state index < -0.39 is 0 Å². The zero-order chi connectivity index (χ0) is 17.5. The van der Waals surface area contributed by atoms with Gasteiger partial charge in [0.15, 0.2) is 5.96 Å². The second-order valence-corrected chi connectivity index (χ2v) is 7.43. The van der Waals surface area contributed by atoms with E-state index in [-0.39, 0.29) is 24.0 Å². The Balaban J connectivity index is 0.00000180. The molecule has 1 aromatic carbocycles. The first-order valence-electron chi connectivity index (χ1n) is 9.37. The lowest BCUT2D eigenvalue weighted by Crippen LogP contribution is -2.41. The lowest BCUT2D eigenvalue weighted by molar-refractivity contribution is 0.0767. The first kappa shape index (κ1) is 18.7. The van der Waals surface area contributed by atoms with Gasteiger partial charge in [-0.25, -0.2) is 9.67 Å². The van der Waals surface area contributed by atoms with Crippen LogP contribution in [0.3, 0.4) is 0 Å². The second kappa shape index (κ2) is 7.75. The predicted molar refractivity (Wildman–Crippen MR) is 113 cm³/mol. The van der Waals surface area contributed by atoms with Gasteiger partial charge in [0.25, 0.3) is 0 Å². The summed E-state index contributed by atoms with van der Waals surface area (Å²) in [6, 6.07) is 8.33. The minimum atomic E-state index is 0. The number of aliphatic imine (C=N–C) groups is 1. The maximum absolute atomic E-state index is 6.08. The number of aromatic nitrogens is 3. The fourth-order valence-corrected chi connectivity index (χ4v) is 4.80. The number of halogens is 1. The van der Waals surface area contributed by atoms with Crippen LogP contribution in [0.15, 0.2) is 41.9 Å². The normalized spacial score (nSPS) is 28.9.